The van der Waals surface area contributed by atoms with Gasteiger partial charge in [-0.15, -0.1) is 0 Å². The van der Waals surface area contributed by atoms with E-state index in [1.807, 2.05) is 0 Å². The van der Waals surface area contributed by atoms with E-state index in [4.69, 9.17) is 4.74 Å². The van der Waals surface area contributed by atoms with Crippen molar-refractivity contribution in [2.24, 2.45) is 0 Å². The van der Waals surface area contributed by atoms with Crippen LogP contribution in [0.1, 0.15) is 26.3 Å². The van der Waals surface area contributed by atoms with Crippen LogP contribution in [0, 0.1) is 0 Å². The molecule has 156 valence electrons. The first-order valence-corrected chi connectivity index (χ1v) is 9.45. The van der Waals surface area contributed by atoms with E-state index in [1.54, 1.807) is 84.9 Å². The van der Waals surface area contributed by atoms with Crippen LogP contribution in [0.3, 0.4) is 0 Å². The number of benzene rings is 3. The summed E-state index contributed by atoms with van der Waals surface area (Å²) < 4.78 is 5.31. The number of hydrazine groups is 1. The molecule has 0 spiro atoms. The lowest BCUT2D eigenvalue weighted by molar-refractivity contribution is -0.118. The Kier molecular flexibility index (Phi) is 7.16. The summed E-state index contributed by atoms with van der Waals surface area (Å²) in [5, 5.41) is 2.60. The normalized spacial score (nSPS) is 10.7. The van der Waals surface area contributed by atoms with E-state index in [0.29, 0.717) is 22.4 Å². The van der Waals surface area contributed by atoms with Crippen molar-refractivity contribution in [3.05, 3.63) is 107 Å². The van der Waals surface area contributed by atoms with Crippen LogP contribution >= 0.6 is 0 Å². The Bertz CT molecular complexity index is 1100. The van der Waals surface area contributed by atoms with Crippen molar-refractivity contribution >= 4 is 23.8 Å². The maximum atomic E-state index is 12.8. The number of carbonyl (C=O) groups is 3. The van der Waals surface area contributed by atoms with Crippen LogP contribution in [0.25, 0.3) is 6.08 Å². The van der Waals surface area contributed by atoms with Crippen molar-refractivity contribution in [2.45, 2.75) is 0 Å². The summed E-state index contributed by atoms with van der Waals surface area (Å²) in [5.41, 5.74) is 5.96. The molecule has 0 heterocycles. The van der Waals surface area contributed by atoms with Crippen LogP contribution in [0.2, 0.25) is 0 Å². The number of rotatable bonds is 6. The van der Waals surface area contributed by atoms with E-state index in [1.165, 1.54) is 13.2 Å². The lowest BCUT2D eigenvalue weighted by Crippen LogP contribution is -2.45. The highest BCUT2D eigenvalue weighted by molar-refractivity contribution is 6.06. The molecule has 0 aliphatic carbocycles. The summed E-state index contributed by atoms with van der Waals surface area (Å²) in [5.74, 6) is -1.12. The number of carbonyl (C=O) groups excluding carboxylic acids is 3. The van der Waals surface area contributed by atoms with Crippen molar-refractivity contribution in [2.75, 3.05) is 7.11 Å². The molecule has 0 aliphatic rings. The van der Waals surface area contributed by atoms with Crippen molar-refractivity contribution in [1.82, 2.24) is 16.2 Å². The van der Waals surface area contributed by atoms with E-state index in [2.05, 4.69) is 16.2 Å². The van der Waals surface area contributed by atoms with E-state index in [0.717, 1.165) is 0 Å². The summed E-state index contributed by atoms with van der Waals surface area (Å²) in [6.45, 7) is 0. The molecule has 0 fully saturated rings. The Balaban J connectivity index is 1.82. The average Bonchev–Trinajstić information content (AvgIpc) is 2.83. The number of hydrogen-bond donors (Lipinski definition) is 3. The number of hydrogen-bond acceptors (Lipinski definition) is 4. The standard InChI is InChI=1S/C24H21N3O4/c1-31-21-15-9-8-14-19(21)16-20(25-22(28)17-10-4-2-5-11-17)24(30)27-26-23(29)18-12-6-3-7-13-18/h2-16H,1H3,(H,25,28)(H,26,29)(H,27,30)/b20-16-. The van der Waals surface area contributed by atoms with Crippen LogP contribution in [0.15, 0.2) is 90.6 Å². The summed E-state index contributed by atoms with van der Waals surface area (Å²) in [4.78, 5) is 37.6. The smallest absolute Gasteiger partial charge is 0.286 e. The van der Waals surface area contributed by atoms with Crippen molar-refractivity contribution in [3.8, 4) is 5.75 Å². The molecule has 0 aliphatic heterocycles. The second-order valence-corrected chi connectivity index (χ2v) is 6.39. The second kappa shape index (κ2) is 10.4. The van der Waals surface area contributed by atoms with Gasteiger partial charge < -0.3 is 10.1 Å². The monoisotopic (exact) mass is 415 g/mol. The van der Waals surface area contributed by atoms with Crippen molar-refractivity contribution < 1.29 is 19.1 Å². The Hall–Kier alpha value is -4.39. The molecular formula is C24H21N3O4. The molecule has 31 heavy (non-hydrogen) atoms. The summed E-state index contributed by atoms with van der Waals surface area (Å²) >= 11 is 0. The molecule has 7 nitrogen and oxygen atoms in total. The lowest BCUT2D eigenvalue weighted by Gasteiger charge is -2.13. The first-order valence-electron chi connectivity index (χ1n) is 9.45. The molecule has 0 radical (unpaired) electrons. The first kappa shape index (κ1) is 21.3. The summed E-state index contributed by atoms with van der Waals surface area (Å²) in [7, 11) is 1.51. The fourth-order valence-corrected chi connectivity index (χ4v) is 2.73. The molecule has 0 bridgehead atoms. The van der Waals surface area contributed by atoms with E-state index >= 15 is 0 Å². The molecule has 3 aromatic carbocycles. The third-order valence-corrected chi connectivity index (χ3v) is 4.29. The van der Waals surface area contributed by atoms with Gasteiger partial charge in [0, 0.05) is 16.7 Å². The number of methoxy groups -OCH3 is 1. The molecule has 3 amide bonds. The zero-order valence-corrected chi connectivity index (χ0v) is 16.8. The highest BCUT2D eigenvalue weighted by Crippen LogP contribution is 2.20. The Morgan fingerprint density at radius 3 is 1.87 bits per heavy atom. The SMILES string of the molecule is COc1ccccc1/C=C(\NC(=O)c1ccccc1)C(=O)NNC(=O)c1ccccc1. The van der Waals surface area contributed by atoms with Crippen LogP contribution in [-0.2, 0) is 4.79 Å². The minimum absolute atomic E-state index is 0.0632. The third-order valence-electron chi connectivity index (χ3n) is 4.29. The molecule has 0 unspecified atom stereocenters. The van der Waals surface area contributed by atoms with Gasteiger partial charge in [0.2, 0.25) is 0 Å². The summed E-state index contributed by atoms with van der Waals surface area (Å²) in [6.07, 6.45) is 1.48. The zero-order valence-electron chi connectivity index (χ0n) is 16.8. The van der Waals surface area contributed by atoms with Gasteiger partial charge >= 0.3 is 0 Å². The fraction of sp³-hybridized carbons (Fsp3) is 0.0417. The molecule has 3 aromatic rings. The first-order chi connectivity index (χ1) is 15.1. The molecule has 0 aromatic heterocycles. The topological polar surface area (TPSA) is 96.5 Å². The number of nitrogens with one attached hydrogen (secondary N) is 3. The third kappa shape index (κ3) is 5.80. The molecule has 3 N–H and O–H groups in total. The van der Waals surface area contributed by atoms with Gasteiger partial charge in [-0.1, -0.05) is 54.6 Å². The zero-order chi connectivity index (χ0) is 22.1. The van der Waals surface area contributed by atoms with Crippen LogP contribution in [0.4, 0.5) is 0 Å². The largest absolute Gasteiger partial charge is 0.496 e. The van der Waals surface area contributed by atoms with E-state index < -0.39 is 17.7 Å². The predicted octanol–water partition coefficient (Wildman–Crippen LogP) is 2.93. The number of para-hydroxylation sites is 1. The Labute approximate surface area is 179 Å². The fourth-order valence-electron chi connectivity index (χ4n) is 2.73. The molecule has 0 saturated carbocycles. The number of amides is 3. The van der Waals surface area contributed by atoms with Crippen LogP contribution < -0.4 is 20.9 Å². The van der Waals surface area contributed by atoms with Gasteiger partial charge in [0.1, 0.15) is 11.4 Å². The van der Waals surface area contributed by atoms with Gasteiger partial charge in [0.05, 0.1) is 7.11 Å². The lowest BCUT2D eigenvalue weighted by atomic mass is 10.1. The predicted molar refractivity (Wildman–Crippen MR) is 117 cm³/mol. The van der Waals surface area contributed by atoms with Gasteiger partial charge in [-0.3, -0.25) is 25.2 Å². The van der Waals surface area contributed by atoms with E-state index in [9.17, 15) is 14.4 Å². The maximum absolute atomic E-state index is 12.8. The second-order valence-electron chi connectivity index (χ2n) is 6.39. The van der Waals surface area contributed by atoms with Gasteiger partial charge in [-0.05, 0) is 36.4 Å². The summed E-state index contributed by atoms with van der Waals surface area (Å²) in [6, 6.07) is 24.0. The molecule has 0 saturated heterocycles. The van der Waals surface area contributed by atoms with Gasteiger partial charge in [-0.2, -0.15) is 0 Å². The quantitative estimate of drug-likeness (QED) is 0.426. The maximum Gasteiger partial charge on any atom is 0.286 e. The van der Waals surface area contributed by atoms with Crippen LogP contribution in [0.5, 0.6) is 5.75 Å². The number of ether oxygens (including phenoxy) is 1. The highest BCUT2D eigenvalue weighted by Gasteiger charge is 2.16. The minimum atomic E-state index is -0.695. The van der Waals surface area contributed by atoms with Gasteiger partial charge in [0.15, 0.2) is 0 Å². The Morgan fingerprint density at radius 2 is 1.26 bits per heavy atom. The van der Waals surface area contributed by atoms with Gasteiger partial charge in [-0.25, -0.2) is 0 Å². The molecule has 3 rings (SSSR count). The Morgan fingerprint density at radius 1 is 0.710 bits per heavy atom. The van der Waals surface area contributed by atoms with E-state index in [-0.39, 0.29) is 5.70 Å². The highest BCUT2D eigenvalue weighted by atomic mass is 16.5. The van der Waals surface area contributed by atoms with Crippen molar-refractivity contribution in [3.63, 3.8) is 0 Å². The average molecular weight is 415 g/mol. The van der Waals surface area contributed by atoms with Crippen LogP contribution in [-0.4, -0.2) is 24.8 Å². The van der Waals surface area contributed by atoms with Crippen molar-refractivity contribution in [1.29, 1.82) is 0 Å². The molecular weight excluding hydrogens is 394 g/mol. The molecule has 7 heteroatoms. The minimum Gasteiger partial charge on any atom is -0.496 e. The van der Waals surface area contributed by atoms with Gasteiger partial charge in [0.25, 0.3) is 17.7 Å². The molecule has 0 atom stereocenters.